The van der Waals surface area contributed by atoms with Gasteiger partial charge in [0.2, 0.25) is 0 Å². The van der Waals surface area contributed by atoms with Crippen molar-refractivity contribution in [2.45, 2.75) is 0 Å². The van der Waals surface area contributed by atoms with Gasteiger partial charge in [0.1, 0.15) is 0 Å². The summed E-state index contributed by atoms with van der Waals surface area (Å²) in [5, 5.41) is 12.9. The molecule has 104 valence electrons. The molecule has 0 atom stereocenters. The fraction of sp³-hybridized carbons (Fsp3) is 0.0588. The van der Waals surface area contributed by atoms with Gasteiger partial charge in [-0.25, -0.2) is 0 Å². The number of nitrogens with zero attached hydrogens (tertiary/aromatic N) is 1. The Morgan fingerprint density at radius 2 is 1.62 bits per heavy atom. The van der Waals surface area contributed by atoms with E-state index in [1.807, 2.05) is 0 Å². The number of carbonyl (C=O) groups is 1. The minimum absolute atomic E-state index is 0.303. The topological polar surface area (TPSA) is 62.1 Å². The fourth-order valence-electron chi connectivity index (χ4n) is 2.40. The first-order valence-electron chi connectivity index (χ1n) is 6.49. The summed E-state index contributed by atoms with van der Waals surface area (Å²) in [5.74, 6) is -1.05. The number of rotatable bonds is 2. The van der Waals surface area contributed by atoms with Gasteiger partial charge in [-0.3, -0.25) is 9.59 Å². The van der Waals surface area contributed by atoms with E-state index in [4.69, 9.17) is 0 Å². The van der Waals surface area contributed by atoms with Gasteiger partial charge in [0, 0.05) is 12.6 Å². The summed E-state index contributed by atoms with van der Waals surface area (Å²) in [7, 11) is 1.56. The van der Waals surface area contributed by atoms with Gasteiger partial charge in [-0.2, -0.15) is 0 Å². The normalized spacial score (nSPS) is 10.7. The van der Waals surface area contributed by atoms with Gasteiger partial charge in [-0.1, -0.05) is 54.3 Å². The number of hydrogen-bond acceptors (Lipinski definition) is 3. The Bertz CT molecular complexity index is 895. The van der Waals surface area contributed by atoms with E-state index in [-0.39, 0.29) is 5.56 Å². The van der Waals surface area contributed by atoms with Gasteiger partial charge in [-0.05, 0) is 11.5 Å². The highest BCUT2D eigenvalue weighted by Gasteiger charge is 2.17. The summed E-state index contributed by atoms with van der Waals surface area (Å²) in [4.78, 5) is 24.8. The van der Waals surface area contributed by atoms with Crippen LogP contribution in [0, 0.1) is 0 Å². The minimum atomic E-state index is -0.562. The summed E-state index contributed by atoms with van der Waals surface area (Å²) in [6.45, 7) is 0. The van der Waals surface area contributed by atoms with Crippen LogP contribution >= 0.6 is 0 Å². The third kappa shape index (κ3) is 2.01. The number of ketones is 1. The number of aryl methyl sites for hydroxylation is 1. The second-order valence-electron chi connectivity index (χ2n) is 4.78. The Balaban J connectivity index is 2.34. The first-order valence-corrected chi connectivity index (χ1v) is 6.49. The number of pyridine rings is 1. The molecule has 3 aromatic rings. The van der Waals surface area contributed by atoms with Crippen LogP contribution in [-0.2, 0) is 7.05 Å². The molecule has 3 rings (SSSR count). The van der Waals surface area contributed by atoms with Crippen molar-refractivity contribution in [2.75, 3.05) is 0 Å². The molecule has 4 heteroatoms. The van der Waals surface area contributed by atoms with Crippen molar-refractivity contribution in [1.82, 2.24) is 4.57 Å². The monoisotopic (exact) mass is 278 g/mol. The number of carbonyl (C=O) groups excluding carboxylic acids is 1. The molecule has 1 heterocycles. The molecule has 0 fully saturated rings. The zero-order valence-corrected chi connectivity index (χ0v) is 11.4. The molecule has 2 aromatic carbocycles. The molecule has 0 N–H and O–H groups in total. The van der Waals surface area contributed by atoms with E-state index >= 15 is 0 Å². The third-order valence-electron chi connectivity index (χ3n) is 3.52. The average Bonchev–Trinajstić information content (AvgIpc) is 2.53. The molecule has 0 amide bonds. The molecule has 0 bridgehead atoms. The van der Waals surface area contributed by atoms with Crippen molar-refractivity contribution in [3.05, 3.63) is 76.1 Å². The van der Waals surface area contributed by atoms with Gasteiger partial charge >= 0.3 is 0 Å². The number of benzene rings is 2. The summed E-state index contributed by atoms with van der Waals surface area (Å²) in [6.07, 6.45) is 0. The molecule has 0 spiro atoms. The van der Waals surface area contributed by atoms with E-state index in [1.165, 1.54) is 4.57 Å². The van der Waals surface area contributed by atoms with Crippen LogP contribution in [0.1, 0.15) is 15.9 Å². The van der Waals surface area contributed by atoms with E-state index in [2.05, 4.69) is 0 Å². The molecule has 0 radical (unpaired) electrons. The van der Waals surface area contributed by atoms with Crippen LogP contribution in [0.5, 0.6) is 5.75 Å². The summed E-state index contributed by atoms with van der Waals surface area (Å²) >= 11 is 0. The molecule has 1 aromatic heterocycles. The van der Waals surface area contributed by atoms with Gasteiger partial charge in [0.15, 0.2) is 5.78 Å². The highest BCUT2D eigenvalue weighted by Crippen LogP contribution is 2.24. The second-order valence-corrected chi connectivity index (χ2v) is 4.78. The molecule has 0 unspecified atom stereocenters. The molecular formula is C17H12NO3-. The largest absolute Gasteiger partial charge is 0.871 e. The Hall–Kier alpha value is -2.88. The fourth-order valence-corrected chi connectivity index (χ4v) is 2.40. The maximum atomic E-state index is 12.5. The van der Waals surface area contributed by atoms with E-state index in [0.717, 1.165) is 0 Å². The van der Waals surface area contributed by atoms with Crippen LogP contribution in [0.4, 0.5) is 0 Å². The third-order valence-corrected chi connectivity index (χ3v) is 3.52. The Labute approximate surface area is 120 Å². The van der Waals surface area contributed by atoms with Crippen LogP contribution < -0.4 is 10.7 Å². The van der Waals surface area contributed by atoms with Crippen molar-refractivity contribution >= 4 is 16.7 Å². The van der Waals surface area contributed by atoms with Crippen LogP contribution in [0.2, 0.25) is 0 Å². The molecule has 0 aliphatic heterocycles. The Kier molecular flexibility index (Phi) is 3.06. The SMILES string of the molecule is Cn1c(=O)c(C(=O)c2ccccc2)c([O-])c2ccccc21. The highest BCUT2D eigenvalue weighted by atomic mass is 16.3. The number of aromatic nitrogens is 1. The lowest BCUT2D eigenvalue weighted by molar-refractivity contribution is -0.266. The Morgan fingerprint density at radius 3 is 2.33 bits per heavy atom. The quantitative estimate of drug-likeness (QED) is 0.672. The standard InChI is InChI=1S/C17H13NO3/c1-18-13-10-6-5-9-12(13)16(20)14(17(18)21)15(19)11-7-3-2-4-8-11/h2-10,20H,1H3/p-1. The first kappa shape index (κ1) is 13.1. The average molecular weight is 278 g/mol. The molecule has 0 aliphatic carbocycles. The summed E-state index contributed by atoms with van der Waals surface area (Å²) in [5.41, 5.74) is -0.00551. The first-order chi connectivity index (χ1) is 10.1. The van der Waals surface area contributed by atoms with Crippen LogP contribution in [0.15, 0.2) is 59.4 Å². The number of hydrogen-bond donors (Lipinski definition) is 0. The zero-order chi connectivity index (χ0) is 15.0. The van der Waals surface area contributed by atoms with Gasteiger partial charge in [0.05, 0.1) is 11.1 Å². The molecule has 0 aliphatic rings. The summed E-state index contributed by atoms with van der Waals surface area (Å²) < 4.78 is 1.34. The van der Waals surface area contributed by atoms with Crippen LogP contribution in [0.25, 0.3) is 10.9 Å². The molecule has 0 saturated carbocycles. The van der Waals surface area contributed by atoms with Crippen molar-refractivity contribution in [2.24, 2.45) is 7.05 Å². The van der Waals surface area contributed by atoms with Crippen molar-refractivity contribution in [3.63, 3.8) is 0 Å². The minimum Gasteiger partial charge on any atom is -0.871 e. The smallest absolute Gasteiger partial charge is 0.261 e. The van der Waals surface area contributed by atoms with Crippen LogP contribution in [0.3, 0.4) is 0 Å². The predicted molar refractivity (Wildman–Crippen MR) is 78.5 cm³/mol. The molecule has 21 heavy (non-hydrogen) atoms. The van der Waals surface area contributed by atoms with Crippen molar-refractivity contribution < 1.29 is 9.90 Å². The lowest BCUT2D eigenvalue weighted by Crippen LogP contribution is -2.27. The van der Waals surface area contributed by atoms with E-state index in [1.54, 1.807) is 61.6 Å². The molecule has 0 saturated heterocycles. The van der Waals surface area contributed by atoms with E-state index < -0.39 is 17.1 Å². The Morgan fingerprint density at radius 1 is 1.00 bits per heavy atom. The number of fused-ring (bicyclic) bond motifs is 1. The van der Waals surface area contributed by atoms with E-state index in [9.17, 15) is 14.7 Å². The van der Waals surface area contributed by atoms with Crippen molar-refractivity contribution in [3.8, 4) is 5.75 Å². The second kappa shape index (κ2) is 4.90. The number of para-hydroxylation sites is 1. The van der Waals surface area contributed by atoms with E-state index in [0.29, 0.717) is 16.5 Å². The lowest BCUT2D eigenvalue weighted by atomic mass is 10.0. The zero-order valence-electron chi connectivity index (χ0n) is 11.4. The predicted octanol–water partition coefficient (Wildman–Crippen LogP) is 1.84. The maximum absolute atomic E-state index is 12.5. The van der Waals surface area contributed by atoms with Gasteiger partial charge < -0.3 is 9.67 Å². The van der Waals surface area contributed by atoms with Crippen molar-refractivity contribution in [1.29, 1.82) is 0 Å². The lowest BCUT2D eigenvalue weighted by Gasteiger charge is -2.18. The molecule has 4 nitrogen and oxygen atoms in total. The van der Waals surface area contributed by atoms with Gasteiger partial charge in [-0.15, -0.1) is 0 Å². The summed E-state index contributed by atoms with van der Waals surface area (Å²) in [6, 6.07) is 15.1. The molecular weight excluding hydrogens is 266 g/mol. The highest BCUT2D eigenvalue weighted by molar-refractivity contribution is 6.12. The van der Waals surface area contributed by atoms with Gasteiger partial charge in [0.25, 0.3) is 5.56 Å². The maximum Gasteiger partial charge on any atom is 0.261 e. The van der Waals surface area contributed by atoms with Crippen LogP contribution in [-0.4, -0.2) is 10.4 Å².